The fraction of sp³-hybridized carbons (Fsp3) is 0.636. The molecule has 4 saturated carbocycles. The fourth-order valence-corrected chi connectivity index (χ4v) is 7.83. The SMILES string of the molecule is O=C(NNC(=O)C12CC3CC(CC(C3)C1)C2)c1ccc(S(=O)(=O)N2CCOCC2)cc1. The van der Waals surface area contributed by atoms with E-state index >= 15 is 0 Å². The van der Waals surface area contributed by atoms with E-state index in [0.29, 0.717) is 49.6 Å². The molecule has 1 aromatic carbocycles. The van der Waals surface area contributed by atoms with E-state index in [1.54, 1.807) is 0 Å². The van der Waals surface area contributed by atoms with Crippen molar-refractivity contribution in [2.24, 2.45) is 23.2 Å². The highest BCUT2D eigenvalue weighted by atomic mass is 32.2. The fourth-order valence-electron chi connectivity index (χ4n) is 6.42. The van der Waals surface area contributed by atoms with Gasteiger partial charge in [0.25, 0.3) is 5.91 Å². The zero-order valence-electron chi connectivity index (χ0n) is 17.5. The molecule has 4 aliphatic carbocycles. The molecule has 1 heterocycles. The molecule has 5 fully saturated rings. The van der Waals surface area contributed by atoms with Gasteiger partial charge in [0.05, 0.1) is 23.5 Å². The molecule has 2 N–H and O–H groups in total. The van der Waals surface area contributed by atoms with Crippen molar-refractivity contribution in [3.05, 3.63) is 29.8 Å². The monoisotopic (exact) mass is 447 g/mol. The normalized spacial score (nSPS) is 32.6. The lowest BCUT2D eigenvalue weighted by molar-refractivity contribution is -0.147. The number of hydrogen-bond donors (Lipinski definition) is 2. The van der Waals surface area contributed by atoms with Crippen molar-refractivity contribution >= 4 is 21.8 Å². The van der Waals surface area contributed by atoms with Gasteiger partial charge in [0.1, 0.15) is 0 Å². The van der Waals surface area contributed by atoms with Crippen LogP contribution in [0.25, 0.3) is 0 Å². The largest absolute Gasteiger partial charge is 0.379 e. The predicted molar refractivity (Wildman–Crippen MR) is 112 cm³/mol. The number of hydrogen-bond acceptors (Lipinski definition) is 5. The number of rotatable bonds is 4. The van der Waals surface area contributed by atoms with Crippen LogP contribution in [0.2, 0.25) is 0 Å². The summed E-state index contributed by atoms with van der Waals surface area (Å²) in [5.74, 6) is 1.41. The number of nitrogens with one attached hydrogen (secondary N) is 2. The van der Waals surface area contributed by atoms with E-state index in [1.165, 1.54) is 47.8 Å². The van der Waals surface area contributed by atoms with Gasteiger partial charge in [-0.05, 0) is 80.5 Å². The van der Waals surface area contributed by atoms with Crippen LogP contribution < -0.4 is 10.9 Å². The number of hydrazine groups is 1. The Hall–Kier alpha value is -1.97. The molecule has 0 unspecified atom stereocenters. The maximum absolute atomic E-state index is 13.0. The predicted octanol–water partition coefficient (Wildman–Crippen LogP) is 1.68. The molecule has 1 aliphatic heterocycles. The molecule has 1 aromatic rings. The van der Waals surface area contributed by atoms with Crippen molar-refractivity contribution in [1.82, 2.24) is 15.2 Å². The molecule has 8 nitrogen and oxygen atoms in total. The molecule has 0 atom stereocenters. The topological polar surface area (TPSA) is 105 Å². The first-order valence-electron chi connectivity index (χ1n) is 11.1. The molecule has 6 rings (SSSR count). The van der Waals surface area contributed by atoms with E-state index in [9.17, 15) is 18.0 Å². The highest BCUT2D eigenvalue weighted by molar-refractivity contribution is 7.89. The van der Waals surface area contributed by atoms with Crippen LogP contribution in [-0.2, 0) is 19.6 Å². The van der Waals surface area contributed by atoms with Gasteiger partial charge in [-0.25, -0.2) is 8.42 Å². The van der Waals surface area contributed by atoms with Crippen molar-refractivity contribution in [2.45, 2.75) is 43.4 Å². The maximum Gasteiger partial charge on any atom is 0.269 e. The number of carbonyl (C=O) groups excluding carboxylic acids is 2. The molecule has 0 spiro atoms. The Bertz CT molecular complexity index is 934. The van der Waals surface area contributed by atoms with Gasteiger partial charge in [-0.2, -0.15) is 4.31 Å². The van der Waals surface area contributed by atoms with Gasteiger partial charge in [0.2, 0.25) is 15.9 Å². The van der Waals surface area contributed by atoms with Crippen LogP contribution in [0.15, 0.2) is 29.2 Å². The highest BCUT2D eigenvalue weighted by Crippen LogP contribution is 2.60. The van der Waals surface area contributed by atoms with Crippen LogP contribution in [0.1, 0.15) is 48.9 Å². The summed E-state index contributed by atoms with van der Waals surface area (Å²) in [5, 5.41) is 0. The van der Waals surface area contributed by atoms with Gasteiger partial charge < -0.3 is 4.74 Å². The van der Waals surface area contributed by atoms with Crippen molar-refractivity contribution in [3.8, 4) is 0 Å². The maximum atomic E-state index is 13.0. The molecule has 9 heteroatoms. The van der Waals surface area contributed by atoms with E-state index in [-0.39, 0.29) is 16.2 Å². The first-order valence-corrected chi connectivity index (χ1v) is 12.6. The van der Waals surface area contributed by atoms with Gasteiger partial charge in [-0.1, -0.05) is 0 Å². The molecule has 31 heavy (non-hydrogen) atoms. The molecule has 4 bridgehead atoms. The van der Waals surface area contributed by atoms with Gasteiger partial charge in [0, 0.05) is 18.7 Å². The quantitative estimate of drug-likeness (QED) is 0.684. The number of amides is 2. The van der Waals surface area contributed by atoms with Crippen molar-refractivity contribution < 1.29 is 22.7 Å². The lowest BCUT2D eigenvalue weighted by Gasteiger charge is -2.55. The molecule has 1 saturated heterocycles. The van der Waals surface area contributed by atoms with Gasteiger partial charge >= 0.3 is 0 Å². The first-order chi connectivity index (χ1) is 14.9. The molecule has 0 aromatic heterocycles. The van der Waals surface area contributed by atoms with E-state index < -0.39 is 15.9 Å². The molecular formula is C22H29N3O5S. The molecular weight excluding hydrogens is 418 g/mol. The number of nitrogens with zero attached hydrogens (tertiary/aromatic N) is 1. The van der Waals surface area contributed by atoms with E-state index in [4.69, 9.17) is 4.74 Å². The Morgan fingerprint density at radius 3 is 2.00 bits per heavy atom. The second-order valence-corrected chi connectivity index (χ2v) is 11.6. The summed E-state index contributed by atoms with van der Waals surface area (Å²) < 4.78 is 32.0. The Morgan fingerprint density at radius 2 is 1.45 bits per heavy atom. The number of morpholine rings is 1. The Balaban J connectivity index is 1.21. The second-order valence-electron chi connectivity index (χ2n) is 9.65. The van der Waals surface area contributed by atoms with Crippen LogP contribution in [0.3, 0.4) is 0 Å². The molecule has 0 radical (unpaired) electrons. The Kier molecular flexibility index (Phi) is 5.30. The van der Waals surface area contributed by atoms with Crippen molar-refractivity contribution in [1.29, 1.82) is 0 Å². The number of sulfonamides is 1. The molecule has 2 amide bonds. The third-order valence-corrected chi connectivity index (χ3v) is 9.45. The third kappa shape index (κ3) is 3.87. The number of benzene rings is 1. The van der Waals surface area contributed by atoms with Gasteiger partial charge in [0.15, 0.2) is 0 Å². The van der Waals surface area contributed by atoms with Gasteiger partial charge in [-0.15, -0.1) is 0 Å². The lowest BCUT2D eigenvalue weighted by Crippen LogP contribution is -2.56. The zero-order chi connectivity index (χ0) is 21.6. The van der Waals surface area contributed by atoms with Crippen LogP contribution in [0, 0.1) is 23.2 Å². The lowest BCUT2D eigenvalue weighted by atomic mass is 9.49. The first kappa shape index (κ1) is 20.9. The third-order valence-electron chi connectivity index (χ3n) is 7.53. The van der Waals surface area contributed by atoms with Crippen LogP contribution in [0.4, 0.5) is 0 Å². The summed E-state index contributed by atoms with van der Waals surface area (Å²) in [7, 11) is -3.60. The summed E-state index contributed by atoms with van der Waals surface area (Å²) in [6.45, 7) is 1.40. The smallest absolute Gasteiger partial charge is 0.269 e. The highest BCUT2D eigenvalue weighted by Gasteiger charge is 2.54. The van der Waals surface area contributed by atoms with Crippen LogP contribution in [0.5, 0.6) is 0 Å². The molecule has 5 aliphatic rings. The van der Waals surface area contributed by atoms with E-state index in [2.05, 4.69) is 10.9 Å². The second kappa shape index (κ2) is 7.86. The molecule has 168 valence electrons. The minimum absolute atomic E-state index is 0.0773. The van der Waals surface area contributed by atoms with Gasteiger partial charge in [-0.3, -0.25) is 20.4 Å². The van der Waals surface area contributed by atoms with E-state index in [1.807, 2.05) is 0 Å². The van der Waals surface area contributed by atoms with Crippen LogP contribution in [-0.4, -0.2) is 50.8 Å². The number of ether oxygens (including phenoxy) is 1. The summed E-state index contributed by atoms with van der Waals surface area (Å²) in [6.07, 6.45) is 6.52. The summed E-state index contributed by atoms with van der Waals surface area (Å²) in [4.78, 5) is 25.7. The minimum atomic E-state index is -3.60. The Labute approximate surface area is 182 Å². The summed E-state index contributed by atoms with van der Waals surface area (Å²) in [5.41, 5.74) is 5.15. The minimum Gasteiger partial charge on any atom is -0.379 e. The number of carbonyl (C=O) groups is 2. The Morgan fingerprint density at radius 1 is 0.903 bits per heavy atom. The average Bonchev–Trinajstić information content (AvgIpc) is 2.77. The zero-order valence-corrected chi connectivity index (χ0v) is 18.3. The standard InChI is InChI=1S/C22H29N3O5S/c26-20(18-1-3-19(4-2-18)31(28,29)25-5-7-30-8-6-25)23-24-21(27)22-12-15-9-16(13-22)11-17(10-15)14-22/h1-4,15-17H,5-14H2,(H,23,26)(H,24,27). The van der Waals surface area contributed by atoms with Crippen LogP contribution >= 0.6 is 0 Å². The van der Waals surface area contributed by atoms with Crippen molar-refractivity contribution in [2.75, 3.05) is 26.3 Å². The average molecular weight is 448 g/mol. The van der Waals surface area contributed by atoms with E-state index in [0.717, 1.165) is 19.3 Å². The summed E-state index contributed by atoms with van der Waals surface area (Å²) in [6, 6.07) is 5.81. The summed E-state index contributed by atoms with van der Waals surface area (Å²) >= 11 is 0. The van der Waals surface area contributed by atoms with Crippen molar-refractivity contribution in [3.63, 3.8) is 0 Å².